The van der Waals surface area contributed by atoms with Gasteiger partial charge in [-0.3, -0.25) is 0 Å². The average molecular weight is 257 g/mol. The molecule has 0 spiro atoms. The molecule has 0 aromatic carbocycles. The highest BCUT2D eigenvalue weighted by Gasteiger charge is 2.14. The van der Waals surface area contributed by atoms with Crippen LogP contribution in [0.5, 0.6) is 0 Å². The molecule has 1 N–H and O–H groups in total. The Morgan fingerprint density at radius 3 is 2.39 bits per heavy atom. The van der Waals surface area contributed by atoms with Crippen molar-refractivity contribution in [2.24, 2.45) is 0 Å². The third kappa shape index (κ3) is 6.21. The second-order valence-corrected chi connectivity index (χ2v) is 4.63. The lowest BCUT2D eigenvalue weighted by Crippen LogP contribution is -2.46. The van der Waals surface area contributed by atoms with E-state index in [-0.39, 0.29) is 6.09 Å². The van der Waals surface area contributed by atoms with E-state index in [1.165, 1.54) is 26.2 Å². The van der Waals surface area contributed by atoms with Gasteiger partial charge in [0.05, 0.1) is 6.61 Å². The van der Waals surface area contributed by atoms with Gasteiger partial charge in [-0.1, -0.05) is 6.92 Å². The number of amides is 1. The first-order chi connectivity index (χ1) is 8.76. The number of hydrogen-bond acceptors (Lipinski definition) is 4. The molecule has 1 amide bonds. The Kier molecular flexibility index (Phi) is 7.76. The molecule has 0 aromatic rings. The molecule has 0 aromatic heterocycles. The zero-order chi connectivity index (χ0) is 13.2. The normalized spacial score (nSPS) is 17.7. The fourth-order valence-electron chi connectivity index (χ4n) is 2.16. The Morgan fingerprint density at radius 1 is 1.11 bits per heavy atom. The molecule has 1 saturated heterocycles. The van der Waals surface area contributed by atoms with Crippen LogP contribution in [-0.4, -0.2) is 68.3 Å². The Morgan fingerprint density at radius 2 is 1.78 bits per heavy atom. The van der Waals surface area contributed by atoms with Gasteiger partial charge in [-0.25, -0.2) is 4.79 Å². The van der Waals surface area contributed by atoms with Gasteiger partial charge in [0, 0.05) is 32.7 Å². The minimum Gasteiger partial charge on any atom is -0.450 e. The highest BCUT2D eigenvalue weighted by Crippen LogP contribution is 2.02. The van der Waals surface area contributed by atoms with E-state index in [0.29, 0.717) is 13.2 Å². The third-order valence-corrected chi connectivity index (χ3v) is 3.36. The fourth-order valence-corrected chi connectivity index (χ4v) is 2.16. The number of piperazine rings is 1. The smallest absolute Gasteiger partial charge is 0.407 e. The number of nitrogens with zero attached hydrogens (tertiary/aromatic N) is 2. The lowest BCUT2D eigenvalue weighted by molar-refractivity contribution is 0.135. The molecular weight excluding hydrogens is 230 g/mol. The maximum absolute atomic E-state index is 11.0. The molecule has 0 saturated carbocycles. The molecule has 1 aliphatic rings. The summed E-state index contributed by atoms with van der Waals surface area (Å²) >= 11 is 0. The molecule has 106 valence electrons. The Balaban J connectivity index is 1.94. The molecule has 1 heterocycles. The van der Waals surface area contributed by atoms with Crippen molar-refractivity contribution in [2.45, 2.75) is 26.7 Å². The molecule has 0 atom stereocenters. The number of carbonyl (C=O) groups is 1. The van der Waals surface area contributed by atoms with Crippen molar-refractivity contribution in [3.05, 3.63) is 0 Å². The first-order valence-electron chi connectivity index (χ1n) is 7.11. The standard InChI is InChI=1S/C13H27N3O2/c1-3-15-9-11-16(12-10-15)8-6-5-7-14-13(17)18-4-2/h3-12H2,1-2H3,(H,14,17). The third-order valence-electron chi connectivity index (χ3n) is 3.36. The van der Waals surface area contributed by atoms with Crippen LogP contribution in [0, 0.1) is 0 Å². The summed E-state index contributed by atoms with van der Waals surface area (Å²) in [5, 5.41) is 2.75. The van der Waals surface area contributed by atoms with Crippen molar-refractivity contribution in [1.82, 2.24) is 15.1 Å². The molecule has 5 nitrogen and oxygen atoms in total. The van der Waals surface area contributed by atoms with E-state index < -0.39 is 0 Å². The van der Waals surface area contributed by atoms with Crippen molar-refractivity contribution in [3.63, 3.8) is 0 Å². The minimum atomic E-state index is -0.297. The Bertz CT molecular complexity index is 228. The molecule has 5 heteroatoms. The molecule has 1 aliphatic heterocycles. The molecular formula is C13H27N3O2. The summed E-state index contributed by atoms with van der Waals surface area (Å²) in [7, 11) is 0. The van der Waals surface area contributed by atoms with Gasteiger partial charge in [-0.15, -0.1) is 0 Å². The summed E-state index contributed by atoms with van der Waals surface area (Å²) < 4.78 is 4.80. The number of carbonyl (C=O) groups excluding carboxylic acids is 1. The van der Waals surface area contributed by atoms with Gasteiger partial charge in [-0.2, -0.15) is 0 Å². The molecule has 18 heavy (non-hydrogen) atoms. The van der Waals surface area contributed by atoms with Gasteiger partial charge < -0.3 is 19.9 Å². The molecule has 1 rings (SSSR count). The van der Waals surface area contributed by atoms with Crippen LogP contribution >= 0.6 is 0 Å². The molecule has 0 bridgehead atoms. The number of nitrogens with one attached hydrogen (secondary N) is 1. The van der Waals surface area contributed by atoms with Gasteiger partial charge in [0.2, 0.25) is 0 Å². The van der Waals surface area contributed by atoms with Crippen LogP contribution in [-0.2, 0) is 4.74 Å². The number of alkyl carbamates (subject to hydrolysis) is 1. The number of likely N-dealkylation sites (N-methyl/N-ethyl adjacent to an activating group) is 1. The Hall–Kier alpha value is -0.810. The first kappa shape index (κ1) is 15.2. The quantitative estimate of drug-likeness (QED) is 0.695. The zero-order valence-electron chi connectivity index (χ0n) is 11.8. The summed E-state index contributed by atoms with van der Waals surface area (Å²) in [6.45, 7) is 12.2. The van der Waals surface area contributed by atoms with E-state index in [4.69, 9.17) is 4.74 Å². The van der Waals surface area contributed by atoms with Crippen molar-refractivity contribution in [3.8, 4) is 0 Å². The molecule has 0 unspecified atom stereocenters. The van der Waals surface area contributed by atoms with Crippen molar-refractivity contribution < 1.29 is 9.53 Å². The van der Waals surface area contributed by atoms with Gasteiger partial charge in [0.25, 0.3) is 0 Å². The van der Waals surface area contributed by atoms with Gasteiger partial charge in [-0.05, 0) is 32.9 Å². The Labute approximate surface area is 110 Å². The SMILES string of the molecule is CCOC(=O)NCCCCN1CCN(CC)CC1. The maximum atomic E-state index is 11.0. The highest BCUT2D eigenvalue weighted by atomic mass is 16.5. The fraction of sp³-hybridized carbons (Fsp3) is 0.923. The topological polar surface area (TPSA) is 44.8 Å². The second-order valence-electron chi connectivity index (χ2n) is 4.63. The van der Waals surface area contributed by atoms with E-state index in [9.17, 15) is 4.79 Å². The lowest BCUT2D eigenvalue weighted by atomic mass is 10.2. The largest absolute Gasteiger partial charge is 0.450 e. The van der Waals surface area contributed by atoms with Gasteiger partial charge in [0.15, 0.2) is 0 Å². The lowest BCUT2D eigenvalue weighted by Gasteiger charge is -2.33. The van der Waals surface area contributed by atoms with Crippen molar-refractivity contribution in [2.75, 3.05) is 52.4 Å². The van der Waals surface area contributed by atoms with E-state index in [1.54, 1.807) is 0 Å². The van der Waals surface area contributed by atoms with E-state index in [1.807, 2.05) is 6.92 Å². The van der Waals surface area contributed by atoms with Crippen LogP contribution in [0.2, 0.25) is 0 Å². The number of unbranched alkanes of at least 4 members (excludes halogenated alkanes) is 1. The van der Waals surface area contributed by atoms with E-state index >= 15 is 0 Å². The monoisotopic (exact) mass is 257 g/mol. The van der Waals surface area contributed by atoms with Crippen LogP contribution in [0.25, 0.3) is 0 Å². The van der Waals surface area contributed by atoms with Crippen LogP contribution in [0.15, 0.2) is 0 Å². The number of hydrogen-bond donors (Lipinski definition) is 1. The van der Waals surface area contributed by atoms with Crippen LogP contribution in [0.1, 0.15) is 26.7 Å². The molecule has 1 fully saturated rings. The van der Waals surface area contributed by atoms with Crippen molar-refractivity contribution >= 4 is 6.09 Å². The van der Waals surface area contributed by atoms with Crippen LogP contribution < -0.4 is 5.32 Å². The zero-order valence-corrected chi connectivity index (χ0v) is 11.8. The van der Waals surface area contributed by atoms with E-state index in [0.717, 1.165) is 25.9 Å². The minimum absolute atomic E-state index is 0.297. The molecule has 0 radical (unpaired) electrons. The maximum Gasteiger partial charge on any atom is 0.407 e. The number of ether oxygens (including phenoxy) is 1. The summed E-state index contributed by atoms with van der Waals surface area (Å²) in [5.41, 5.74) is 0. The predicted octanol–water partition coefficient (Wildman–Crippen LogP) is 1.15. The molecule has 0 aliphatic carbocycles. The highest BCUT2D eigenvalue weighted by molar-refractivity contribution is 5.66. The second kappa shape index (κ2) is 9.16. The van der Waals surface area contributed by atoms with Gasteiger partial charge in [0.1, 0.15) is 0 Å². The first-order valence-corrected chi connectivity index (χ1v) is 7.11. The van der Waals surface area contributed by atoms with E-state index in [2.05, 4.69) is 22.0 Å². The predicted molar refractivity (Wildman–Crippen MR) is 72.8 cm³/mol. The summed E-state index contributed by atoms with van der Waals surface area (Å²) in [6, 6.07) is 0. The summed E-state index contributed by atoms with van der Waals surface area (Å²) in [6.07, 6.45) is 1.86. The summed E-state index contributed by atoms with van der Waals surface area (Å²) in [5.74, 6) is 0. The van der Waals surface area contributed by atoms with Gasteiger partial charge >= 0.3 is 6.09 Å². The average Bonchev–Trinajstić information content (AvgIpc) is 2.39. The van der Waals surface area contributed by atoms with Crippen LogP contribution in [0.4, 0.5) is 4.79 Å². The van der Waals surface area contributed by atoms with Crippen molar-refractivity contribution in [1.29, 1.82) is 0 Å². The van der Waals surface area contributed by atoms with Crippen LogP contribution in [0.3, 0.4) is 0 Å². The number of rotatable bonds is 7. The summed E-state index contributed by atoms with van der Waals surface area (Å²) in [4.78, 5) is 16.0.